The minimum atomic E-state index is -0.697. The molecule has 0 atom stereocenters. The number of carbonyl (C=O) groups is 1. The summed E-state index contributed by atoms with van der Waals surface area (Å²) >= 11 is 0. The second-order valence-corrected chi connectivity index (χ2v) is 6.23. The lowest BCUT2D eigenvalue weighted by molar-refractivity contribution is -0.145. The SMILES string of the molecule is O=C(O)C1(c2cccc(OCC3CC3)c2)CCCCC1. The lowest BCUT2D eigenvalue weighted by Gasteiger charge is -2.33. The molecule has 2 aliphatic carbocycles. The zero-order chi connectivity index (χ0) is 14.0. The van der Waals surface area contributed by atoms with Gasteiger partial charge in [0, 0.05) is 0 Å². The number of ether oxygens (including phenoxy) is 1. The molecule has 3 nitrogen and oxygen atoms in total. The molecule has 0 heterocycles. The molecule has 1 N–H and O–H groups in total. The highest BCUT2D eigenvalue weighted by Crippen LogP contribution is 2.41. The normalized spacial score (nSPS) is 21.4. The third kappa shape index (κ3) is 2.67. The van der Waals surface area contributed by atoms with Crippen molar-refractivity contribution < 1.29 is 14.6 Å². The van der Waals surface area contributed by atoms with Gasteiger partial charge in [-0.05, 0) is 49.3 Å². The summed E-state index contributed by atoms with van der Waals surface area (Å²) < 4.78 is 5.79. The summed E-state index contributed by atoms with van der Waals surface area (Å²) in [5.41, 5.74) is 0.218. The van der Waals surface area contributed by atoms with Gasteiger partial charge in [-0.2, -0.15) is 0 Å². The Balaban J connectivity index is 1.82. The van der Waals surface area contributed by atoms with E-state index in [0.29, 0.717) is 5.92 Å². The van der Waals surface area contributed by atoms with Crippen LogP contribution < -0.4 is 4.74 Å². The molecule has 2 saturated carbocycles. The number of aliphatic carboxylic acids is 1. The van der Waals surface area contributed by atoms with Gasteiger partial charge in [-0.25, -0.2) is 0 Å². The fourth-order valence-corrected chi connectivity index (χ4v) is 3.16. The van der Waals surface area contributed by atoms with Crippen LogP contribution >= 0.6 is 0 Å². The van der Waals surface area contributed by atoms with Gasteiger partial charge in [0.25, 0.3) is 0 Å². The molecule has 0 aliphatic heterocycles. The number of carboxylic acids is 1. The molecule has 0 amide bonds. The van der Waals surface area contributed by atoms with Crippen LogP contribution in [0.2, 0.25) is 0 Å². The predicted molar refractivity (Wildman–Crippen MR) is 77.1 cm³/mol. The van der Waals surface area contributed by atoms with E-state index in [4.69, 9.17) is 4.74 Å². The van der Waals surface area contributed by atoms with Crippen LogP contribution in [0.5, 0.6) is 5.75 Å². The van der Waals surface area contributed by atoms with Gasteiger partial charge in [-0.1, -0.05) is 31.4 Å². The summed E-state index contributed by atoms with van der Waals surface area (Å²) in [6.07, 6.45) is 7.16. The Labute approximate surface area is 120 Å². The van der Waals surface area contributed by atoms with E-state index in [1.165, 1.54) is 12.8 Å². The Morgan fingerprint density at radius 2 is 2.00 bits per heavy atom. The molecule has 108 valence electrons. The average molecular weight is 274 g/mol. The maximum atomic E-state index is 11.8. The van der Waals surface area contributed by atoms with Gasteiger partial charge < -0.3 is 9.84 Å². The molecule has 0 bridgehead atoms. The van der Waals surface area contributed by atoms with E-state index in [1.807, 2.05) is 24.3 Å². The van der Waals surface area contributed by atoms with E-state index in [2.05, 4.69) is 0 Å². The van der Waals surface area contributed by atoms with Crippen molar-refractivity contribution in [3.63, 3.8) is 0 Å². The zero-order valence-electron chi connectivity index (χ0n) is 11.8. The smallest absolute Gasteiger partial charge is 0.314 e. The van der Waals surface area contributed by atoms with Gasteiger partial charge in [-0.3, -0.25) is 4.79 Å². The minimum Gasteiger partial charge on any atom is -0.493 e. The predicted octanol–water partition coefficient (Wildman–Crippen LogP) is 3.76. The van der Waals surface area contributed by atoms with Crippen molar-refractivity contribution in [2.45, 2.75) is 50.4 Å². The molecule has 20 heavy (non-hydrogen) atoms. The number of rotatable bonds is 5. The molecule has 0 unspecified atom stereocenters. The summed E-state index contributed by atoms with van der Waals surface area (Å²) in [5, 5.41) is 9.72. The second-order valence-electron chi connectivity index (χ2n) is 6.23. The Morgan fingerprint density at radius 3 is 2.65 bits per heavy atom. The zero-order valence-corrected chi connectivity index (χ0v) is 11.8. The second kappa shape index (κ2) is 5.47. The van der Waals surface area contributed by atoms with Crippen molar-refractivity contribution in [3.8, 4) is 5.75 Å². The van der Waals surface area contributed by atoms with Crippen molar-refractivity contribution in [3.05, 3.63) is 29.8 Å². The van der Waals surface area contributed by atoms with Crippen LogP contribution in [0, 0.1) is 5.92 Å². The van der Waals surface area contributed by atoms with Gasteiger partial charge in [0.1, 0.15) is 5.75 Å². The average Bonchev–Trinajstić information content (AvgIpc) is 3.30. The van der Waals surface area contributed by atoms with Gasteiger partial charge in [0.05, 0.1) is 12.0 Å². The minimum absolute atomic E-state index is 0.684. The fourth-order valence-electron chi connectivity index (χ4n) is 3.16. The molecule has 0 spiro atoms. The molecule has 2 aliphatic rings. The first-order valence-corrected chi connectivity index (χ1v) is 7.67. The van der Waals surface area contributed by atoms with E-state index in [-0.39, 0.29) is 0 Å². The van der Waals surface area contributed by atoms with Crippen molar-refractivity contribution in [1.29, 1.82) is 0 Å². The van der Waals surface area contributed by atoms with Gasteiger partial charge >= 0.3 is 5.97 Å². The highest BCUT2D eigenvalue weighted by atomic mass is 16.5. The summed E-state index contributed by atoms with van der Waals surface area (Å²) in [7, 11) is 0. The molecule has 0 saturated heterocycles. The first kappa shape index (κ1) is 13.5. The van der Waals surface area contributed by atoms with Crippen molar-refractivity contribution >= 4 is 5.97 Å². The Hall–Kier alpha value is -1.51. The Kier molecular flexibility index (Phi) is 3.68. The quantitative estimate of drug-likeness (QED) is 0.889. The van der Waals surface area contributed by atoms with E-state index in [1.54, 1.807) is 0 Å². The van der Waals surface area contributed by atoms with E-state index >= 15 is 0 Å². The number of hydrogen-bond acceptors (Lipinski definition) is 2. The molecule has 3 heteroatoms. The van der Waals surface area contributed by atoms with Crippen LogP contribution in [-0.4, -0.2) is 17.7 Å². The molecule has 2 fully saturated rings. The van der Waals surface area contributed by atoms with Gasteiger partial charge in [-0.15, -0.1) is 0 Å². The van der Waals surface area contributed by atoms with Crippen LogP contribution in [0.15, 0.2) is 24.3 Å². The molecular formula is C17H22O3. The molecule has 1 aromatic carbocycles. The highest BCUT2D eigenvalue weighted by molar-refractivity contribution is 5.81. The van der Waals surface area contributed by atoms with Crippen molar-refractivity contribution in [1.82, 2.24) is 0 Å². The van der Waals surface area contributed by atoms with Crippen LogP contribution in [0.1, 0.15) is 50.5 Å². The number of carboxylic acid groups (broad SMARTS) is 1. The first-order valence-electron chi connectivity index (χ1n) is 7.67. The van der Waals surface area contributed by atoms with Crippen LogP contribution in [0.3, 0.4) is 0 Å². The van der Waals surface area contributed by atoms with Crippen molar-refractivity contribution in [2.75, 3.05) is 6.61 Å². The highest BCUT2D eigenvalue weighted by Gasteiger charge is 2.41. The Morgan fingerprint density at radius 1 is 1.25 bits per heavy atom. The van der Waals surface area contributed by atoms with Gasteiger partial charge in [0.2, 0.25) is 0 Å². The molecule has 3 rings (SSSR count). The standard InChI is InChI=1S/C17H22O3/c18-16(19)17(9-2-1-3-10-17)14-5-4-6-15(11-14)20-12-13-7-8-13/h4-6,11,13H,1-3,7-10,12H2,(H,18,19). The molecular weight excluding hydrogens is 252 g/mol. The van der Waals surface area contributed by atoms with E-state index in [9.17, 15) is 9.90 Å². The molecule has 0 radical (unpaired) electrons. The van der Waals surface area contributed by atoms with Crippen LogP contribution in [0.4, 0.5) is 0 Å². The lowest BCUT2D eigenvalue weighted by atomic mass is 9.69. The maximum Gasteiger partial charge on any atom is 0.314 e. The van der Waals surface area contributed by atoms with Crippen molar-refractivity contribution in [2.24, 2.45) is 5.92 Å². The summed E-state index contributed by atoms with van der Waals surface area (Å²) in [4.78, 5) is 11.8. The maximum absolute atomic E-state index is 11.8. The lowest BCUT2D eigenvalue weighted by Crippen LogP contribution is -2.37. The summed E-state index contributed by atoms with van der Waals surface area (Å²) in [6, 6.07) is 7.76. The largest absolute Gasteiger partial charge is 0.493 e. The van der Waals surface area contributed by atoms with E-state index < -0.39 is 11.4 Å². The number of benzene rings is 1. The van der Waals surface area contributed by atoms with Crippen LogP contribution in [-0.2, 0) is 10.2 Å². The Bertz CT molecular complexity index is 485. The van der Waals surface area contributed by atoms with Crippen LogP contribution in [0.25, 0.3) is 0 Å². The number of hydrogen-bond donors (Lipinski definition) is 1. The molecule has 1 aromatic rings. The third-order valence-corrected chi connectivity index (χ3v) is 4.69. The van der Waals surface area contributed by atoms with E-state index in [0.717, 1.165) is 50.0 Å². The monoisotopic (exact) mass is 274 g/mol. The van der Waals surface area contributed by atoms with Gasteiger partial charge in [0.15, 0.2) is 0 Å². The topological polar surface area (TPSA) is 46.5 Å². The third-order valence-electron chi connectivity index (χ3n) is 4.69. The first-order chi connectivity index (χ1) is 9.71. The molecule has 0 aromatic heterocycles. The summed E-state index contributed by atoms with van der Waals surface area (Å²) in [6.45, 7) is 0.767. The summed E-state index contributed by atoms with van der Waals surface area (Å²) in [5.74, 6) is 0.846. The fraction of sp³-hybridized carbons (Fsp3) is 0.588.